The van der Waals surface area contributed by atoms with E-state index >= 15 is 0 Å². The van der Waals surface area contributed by atoms with Crippen LogP contribution in [0.1, 0.15) is 46.0 Å². The van der Waals surface area contributed by atoms with E-state index in [4.69, 9.17) is 0 Å². The monoisotopic (exact) mass is 233 g/mol. The zero-order valence-corrected chi connectivity index (χ0v) is 10.9. The van der Waals surface area contributed by atoms with E-state index in [1.54, 1.807) is 0 Å². The summed E-state index contributed by atoms with van der Waals surface area (Å²) in [4.78, 5) is 0. The normalized spacial score (nSPS) is 18.9. The van der Waals surface area contributed by atoms with Gasteiger partial charge in [-0.05, 0) is 25.7 Å². The molecule has 0 aromatic carbocycles. The average Bonchev–Trinajstić information content (AvgIpc) is 2.07. The standard InChI is InChI=1S/C11H23NO2S/c1-4-11(5-2,15(3,13)14)9-12-10-7-6-8-10/h10,12H,4-9H2,1-3H3. The van der Waals surface area contributed by atoms with Crippen LogP contribution in [0.5, 0.6) is 0 Å². The number of hydrogen-bond donors (Lipinski definition) is 1. The Morgan fingerprint density at radius 2 is 1.80 bits per heavy atom. The molecule has 0 saturated heterocycles. The predicted octanol–water partition coefficient (Wildman–Crippen LogP) is 1.73. The van der Waals surface area contributed by atoms with Gasteiger partial charge in [0.2, 0.25) is 0 Å². The van der Waals surface area contributed by atoms with Crippen LogP contribution in [0.15, 0.2) is 0 Å². The molecule has 1 rings (SSSR count). The van der Waals surface area contributed by atoms with Crippen molar-refractivity contribution in [1.82, 2.24) is 5.32 Å². The third kappa shape index (κ3) is 2.72. The Bertz CT molecular complexity index is 290. The molecule has 0 aromatic heterocycles. The lowest BCUT2D eigenvalue weighted by molar-refractivity contribution is 0.316. The minimum atomic E-state index is -2.97. The molecule has 0 atom stereocenters. The van der Waals surface area contributed by atoms with Gasteiger partial charge in [-0.1, -0.05) is 20.3 Å². The zero-order chi connectivity index (χ0) is 11.5. The molecule has 3 nitrogen and oxygen atoms in total. The number of sulfone groups is 1. The number of hydrogen-bond acceptors (Lipinski definition) is 3. The van der Waals surface area contributed by atoms with Gasteiger partial charge in [-0.2, -0.15) is 0 Å². The molecule has 90 valence electrons. The van der Waals surface area contributed by atoms with Crippen LogP contribution in [-0.2, 0) is 9.84 Å². The Labute approximate surface area is 93.6 Å². The highest BCUT2D eigenvalue weighted by Gasteiger charge is 2.37. The van der Waals surface area contributed by atoms with Crippen LogP contribution in [0.3, 0.4) is 0 Å². The molecule has 1 fully saturated rings. The molecule has 15 heavy (non-hydrogen) atoms. The molecule has 0 spiro atoms. The molecule has 0 aromatic rings. The summed E-state index contributed by atoms with van der Waals surface area (Å²) in [6.45, 7) is 4.55. The lowest BCUT2D eigenvalue weighted by atomic mass is 9.92. The van der Waals surface area contributed by atoms with Crippen molar-refractivity contribution in [2.45, 2.75) is 56.7 Å². The van der Waals surface area contributed by atoms with E-state index < -0.39 is 14.6 Å². The van der Waals surface area contributed by atoms with Crippen molar-refractivity contribution in [1.29, 1.82) is 0 Å². The van der Waals surface area contributed by atoms with Gasteiger partial charge >= 0.3 is 0 Å². The topological polar surface area (TPSA) is 46.2 Å². The predicted molar refractivity (Wildman–Crippen MR) is 63.8 cm³/mol. The largest absolute Gasteiger partial charge is 0.312 e. The first-order chi connectivity index (χ1) is 6.95. The van der Waals surface area contributed by atoms with E-state index in [-0.39, 0.29) is 0 Å². The summed E-state index contributed by atoms with van der Waals surface area (Å²) >= 11 is 0. The Balaban J connectivity index is 2.63. The average molecular weight is 233 g/mol. The lowest BCUT2D eigenvalue weighted by Gasteiger charge is -2.34. The summed E-state index contributed by atoms with van der Waals surface area (Å²) in [5.74, 6) is 0. The molecule has 4 heteroatoms. The van der Waals surface area contributed by atoms with Crippen molar-refractivity contribution in [2.24, 2.45) is 0 Å². The van der Waals surface area contributed by atoms with E-state index in [0.29, 0.717) is 25.4 Å². The maximum absolute atomic E-state index is 11.8. The Morgan fingerprint density at radius 1 is 1.27 bits per heavy atom. The van der Waals surface area contributed by atoms with Crippen molar-refractivity contribution < 1.29 is 8.42 Å². The van der Waals surface area contributed by atoms with Crippen LogP contribution in [0.4, 0.5) is 0 Å². The summed E-state index contributed by atoms with van der Waals surface area (Å²) < 4.78 is 23.0. The van der Waals surface area contributed by atoms with Crippen LogP contribution in [0, 0.1) is 0 Å². The quantitative estimate of drug-likeness (QED) is 0.760. The van der Waals surface area contributed by atoms with E-state index in [9.17, 15) is 8.42 Å². The molecule has 1 aliphatic carbocycles. The van der Waals surface area contributed by atoms with Crippen LogP contribution in [0.2, 0.25) is 0 Å². The second kappa shape index (κ2) is 4.83. The molecule has 0 aliphatic heterocycles. The molecule has 0 bridgehead atoms. The maximum atomic E-state index is 11.8. The van der Waals surface area contributed by atoms with Gasteiger partial charge in [0.25, 0.3) is 0 Å². The molecule has 0 unspecified atom stereocenters. The Morgan fingerprint density at radius 3 is 2.07 bits per heavy atom. The van der Waals surface area contributed by atoms with Gasteiger partial charge in [0.15, 0.2) is 9.84 Å². The molecule has 0 radical (unpaired) electrons. The second-order valence-corrected chi connectivity index (χ2v) is 7.08. The minimum Gasteiger partial charge on any atom is -0.312 e. The van der Waals surface area contributed by atoms with Crippen molar-refractivity contribution in [3.63, 3.8) is 0 Å². The smallest absolute Gasteiger partial charge is 0.154 e. The highest BCUT2D eigenvalue weighted by molar-refractivity contribution is 7.92. The highest BCUT2D eigenvalue weighted by atomic mass is 32.2. The van der Waals surface area contributed by atoms with Gasteiger partial charge in [0, 0.05) is 18.8 Å². The van der Waals surface area contributed by atoms with Gasteiger partial charge in [-0.3, -0.25) is 0 Å². The SMILES string of the molecule is CCC(CC)(CNC1CCC1)S(C)(=O)=O. The lowest BCUT2D eigenvalue weighted by Crippen LogP contribution is -2.50. The number of nitrogens with one attached hydrogen (secondary N) is 1. The fourth-order valence-corrected chi connectivity index (χ4v) is 3.49. The van der Waals surface area contributed by atoms with Gasteiger partial charge in [-0.15, -0.1) is 0 Å². The molecule has 0 heterocycles. The van der Waals surface area contributed by atoms with Crippen molar-refractivity contribution in [3.8, 4) is 0 Å². The Hall–Kier alpha value is -0.0900. The summed E-state index contributed by atoms with van der Waals surface area (Å²) in [6.07, 6.45) is 6.44. The summed E-state index contributed by atoms with van der Waals surface area (Å²) in [6, 6.07) is 0.559. The van der Waals surface area contributed by atoms with Gasteiger partial charge in [0.1, 0.15) is 0 Å². The van der Waals surface area contributed by atoms with Crippen LogP contribution < -0.4 is 5.32 Å². The Kier molecular flexibility index (Phi) is 4.18. The first kappa shape index (κ1) is 13.0. The van der Waals surface area contributed by atoms with E-state index in [2.05, 4.69) is 5.32 Å². The van der Waals surface area contributed by atoms with Gasteiger partial charge in [-0.25, -0.2) is 8.42 Å². The van der Waals surface area contributed by atoms with Crippen LogP contribution >= 0.6 is 0 Å². The molecule has 1 N–H and O–H groups in total. The van der Waals surface area contributed by atoms with E-state index in [1.165, 1.54) is 25.5 Å². The summed E-state index contributed by atoms with van der Waals surface area (Å²) in [7, 11) is -2.97. The summed E-state index contributed by atoms with van der Waals surface area (Å²) in [5.41, 5.74) is 0. The van der Waals surface area contributed by atoms with Crippen LogP contribution in [-0.4, -0.2) is 32.0 Å². The van der Waals surface area contributed by atoms with Crippen molar-refractivity contribution in [2.75, 3.05) is 12.8 Å². The second-order valence-electron chi connectivity index (χ2n) is 4.67. The first-order valence-electron chi connectivity index (χ1n) is 5.88. The van der Waals surface area contributed by atoms with E-state index in [1.807, 2.05) is 13.8 Å². The van der Waals surface area contributed by atoms with Crippen LogP contribution in [0.25, 0.3) is 0 Å². The third-order valence-corrected chi connectivity index (χ3v) is 6.19. The first-order valence-corrected chi connectivity index (χ1v) is 7.77. The highest BCUT2D eigenvalue weighted by Crippen LogP contribution is 2.26. The van der Waals surface area contributed by atoms with Gasteiger partial charge < -0.3 is 5.32 Å². The van der Waals surface area contributed by atoms with Gasteiger partial charge in [0.05, 0.1) is 4.75 Å². The van der Waals surface area contributed by atoms with Crippen molar-refractivity contribution >= 4 is 9.84 Å². The third-order valence-electron chi connectivity index (χ3n) is 3.89. The maximum Gasteiger partial charge on any atom is 0.154 e. The summed E-state index contributed by atoms with van der Waals surface area (Å²) in [5, 5.41) is 3.39. The fraction of sp³-hybridized carbons (Fsp3) is 1.00. The van der Waals surface area contributed by atoms with E-state index in [0.717, 1.165) is 0 Å². The molecular formula is C11H23NO2S. The molecule has 1 saturated carbocycles. The zero-order valence-electron chi connectivity index (χ0n) is 10.0. The number of rotatable bonds is 6. The minimum absolute atomic E-state index is 0.553. The molecule has 0 amide bonds. The molecule has 1 aliphatic rings. The van der Waals surface area contributed by atoms with Crippen molar-refractivity contribution in [3.05, 3.63) is 0 Å². The fourth-order valence-electron chi connectivity index (χ4n) is 2.10. The molecular weight excluding hydrogens is 210 g/mol.